The van der Waals surface area contributed by atoms with Crippen LogP contribution in [0, 0.1) is 18.6 Å². The highest BCUT2D eigenvalue weighted by atomic mass is 32.1. The van der Waals surface area contributed by atoms with Crippen LogP contribution < -0.4 is 5.32 Å². The van der Waals surface area contributed by atoms with E-state index in [0.717, 1.165) is 11.3 Å². The number of nitrogens with zero attached hydrogens (tertiary/aromatic N) is 2. The number of carboxylic acid groups (broad SMARTS) is 1. The molecule has 0 aliphatic carbocycles. The number of aryl methyl sites for hydroxylation is 1. The number of aromatic carboxylic acids is 1. The van der Waals surface area contributed by atoms with Crippen LogP contribution in [0.15, 0.2) is 12.1 Å². The molecule has 0 saturated heterocycles. The SMILES string of the molecule is Cc1nnc(NC(=O)c2cc(F)c(F)cc2C(=O)O)s1. The third-order valence-electron chi connectivity index (χ3n) is 2.28. The number of carbonyl (C=O) groups excluding carboxylic acids is 1. The predicted octanol–water partition coefficient (Wildman–Crippen LogP) is 2.08. The van der Waals surface area contributed by atoms with Crippen molar-refractivity contribution >= 4 is 28.3 Å². The van der Waals surface area contributed by atoms with Gasteiger partial charge in [-0.05, 0) is 19.1 Å². The Bertz CT molecular complexity index is 702. The molecule has 0 unspecified atom stereocenters. The van der Waals surface area contributed by atoms with Gasteiger partial charge in [0.25, 0.3) is 5.91 Å². The lowest BCUT2D eigenvalue weighted by atomic mass is 10.1. The van der Waals surface area contributed by atoms with E-state index in [9.17, 15) is 18.4 Å². The summed E-state index contributed by atoms with van der Waals surface area (Å²) in [6, 6.07) is 0.986. The zero-order valence-electron chi connectivity index (χ0n) is 9.98. The van der Waals surface area contributed by atoms with E-state index in [4.69, 9.17) is 5.11 Å². The third-order valence-corrected chi connectivity index (χ3v) is 3.04. The maximum absolute atomic E-state index is 13.2. The van der Waals surface area contributed by atoms with E-state index in [1.54, 1.807) is 6.92 Å². The van der Waals surface area contributed by atoms with Crippen LogP contribution in [0.2, 0.25) is 0 Å². The van der Waals surface area contributed by atoms with Crippen LogP contribution in [0.3, 0.4) is 0 Å². The van der Waals surface area contributed by atoms with Crippen molar-refractivity contribution in [2.75, 3.05) is 5.32 Å². The molecule has 0 spiro atoms. The fraction of sp³-hybridized carbons (Fsp3) is 0.0909. The Morgan fingerprint density at radius 1 is 1.20 bits per heavy atom. The fourth-order valence-corrected chi connectivity index (χ4v) is 2.01. The highest BCUT2D eigenvalue weighted by Gasteiger charge is 2.21. The summed E-state index contributed by atoms with van der Waals surface area (Å²) in [6.07, 6.45) is 0. The summed E-state index contributed by atoms with van der Waals surface area (Å²) < 4.78 is 26.2. The Morgan fingerprint density at radius 3 is 2.30 bits per heavy atom. The van der Waals surface area contributed by atoms with Crippen molar-refractivity contribution in [1.29, 1.82) is 0 Å². The first-order chi connectivity index (χ1) is 9.38. The maximum atomic E-state index is 13.2. The molecule has 0 aliphatic rings. The van der Waals surface area contributed by atoms with Gasteiger partial charge in [0.05, 0.1) is 11.1 Å². The summed E-state index contributed by atoms with van der Waals surface area (Å²) in [4.78, 5) is 22.8. The maximum Gasteiger partial charge on any atom is 0.336 e. The lowest BCUT2D eigenvalue weighted by Crippen LogP contribution is -2.17. The zero-order valence-corrected chi connectivity index (χ0v) is 10.8. The number of aromatic nitrogens is 2. The topological polar surface area (TPSA) is 92.2 Å². The number of hydrogen-bond acceptors (Lipinski definition) is 5. The van der Waals surface area contributed by atoms with Crippen molar-refractivity contribution < 1.29 is 23.5 Å². The van der Waals surface area contributed by atoms with Gasteiger partial charge >= 0.3 is 5.97 Å². The second-order valence-corrected chi connectivity index (χ2v) is 4.88. The first kappa shape index (κ1) is 14.0. The van der Waals surface area contributed by atoms with Gasteiger partial charge in [0.1, 0.15) is 5.01 Å². The molecule has 6 nitrogen and oxygen atoms in total. The van der Waals surface area contributed by atoms with Crippen molar-refractivity contribution in [2.45, 2.75) is 6.92 Å². The van der Waals surface area contributed by atoms with Crippen LogP contribution in [0.5, 0.6) is 0 Å². The van der Waals surface area contributed by atoms with Crippen LogP contribution in [0.1, 0.15) is 25.7 Å². The Labute approximate surface area is 115 Å². The standard InChI is InChI=1S/C11H7F2N3O3S/c1-4-15-16-11(20-4)14-9(17)5-2-7(12)8(13)3-6(5)10(18)19/h2-3H,1H3,(H,18,19)(H,14,16,17). The number of benzene rings is 1. The van der Waals surface area contributed by atoms with Crippen molar-refractivity contribution in [1.82, 2.24) is 10.2 Å². The van der Waals surface area contributed by atoms with Gasteiger partial charge in [-0.3, -0.25) is 10.1 Å². The molecule has 104 valence electrons. The van der Waals surface area contributed by atoms with Gasteiger partial charge in [0, 0.05) is 0 Å². The van der Waals surface area contributed by atoms with Gasteiger partial charge in [-0.25, -0.2) is 13.6 Å². The Balaban J connectivity index is 2.38. The Hall–Kier alpha value is -2.42. The molecule has 1 heterocycles. The van der Waals surface area contributed by atoms with Gasteiger partial charge < -0.3 is 5.11 Å². The van der Waals surface area contributed by atoms with Crippen molar-refractivity contribution in [3.63, 3.8) is 0 Å². The van der Waals surface area contributed by atoms with E-state index in [2.05, 4.69) is 15.5 Å². The average molecular weight is 299 g/mol. The van der Waals surface area contributed by atoms with Gasteiger partial charge in [-0.15, -0.1) is 10.2 Å². The number of carboxylic acids is 1. The number of anilines is 1. The minimum atomic E-state index is -1.54. The second kappa shape index (κ2) is 5.29. The first-order valence-electron chi connectivity index (χ1n) is 5.22. The van der Waals surface area contributed by atoms with Crippen molar-refractivity contribution in [3.8, 4) is 0 Å². The van der Waals surface area contributed by atoms with Crippen LogP contribution in [-0.4, -0.2) is 27.2 Å². The molecule has 0 aliphatic heterocycles. The van der Waals surface area contributed by atoms with Crippen molar-refractivity contribution in [3.05, 3.63) is 39.9 Å². The minimum absolute atomic E-state index is 0.133. The summed E-state index contributed by atoms with van der Waals surface area (Å²) in [7, 11) is 0. The lowest BCUT2D eigenvalue weighted by molar-refractivity contribution is 0.0691. The van der Waals surface area contributed by atoms with E-state index in [-0.39, 0.29) is 5.13 Å². The predicted molar refractivity (Wildman–Crippen MR) is 65.9 cm³/mol. The van der Waals surface area contributed by atoms with Crippen LogP contribution in [0.4, 0.5) is 13.9 Å². The van der Waals surface area contributed by atoms with Gasteiger partial charge in [0.2, 0.25) is 5.13 Å². The smallest absolute Gasteiger partial charge is 0.336 e. The van der Waals surface area contributed by atoms with Gasteiger partial charge in [-0.2, -0.15) is 0 Å². The number of carbonyl (C=O) groups is 2. The van der Waals surface area contributed by atoms with Crippen molar-refractivity contribution in [2.24, 2.45) is 0 Å². The van der Waals surface area contributed by atoms with Gasteiger partial charge in [0.15, 0.2) is 11.6 Å². The monoisotopic (exact) mass is 299 g/mol. The summed E-state index contributed by atoms with van der Waals surface area (Å²) >= 11 is 1.06. The molecule has 2 rings (SSSR count). The summed E-state index contributed by atoms with van der Waals surface area (Å²) in [5.74, 6) is -5.10. The molecule has 0 radical (unpaired) electrons. The molecule has 0 fully saturated rings. The molecule has 1 aromatic heterocycles. The molecular weight excluding hydrogens is 292 g/mol. The number of rotatable bonds is 3. The summed E-state index contributed by atoms with van der Waals surface area (Å²) in [6.45, 7) is 1.66. The number of nitrogens with one attached hydrogen (secondary N) is 1. The fourth-order valence-electron chi connectivity index (χ4n) is 1.42. The molecule has 2 N–H and O–H groups in total. The van der Waals surface area contributed by atoms with Crippen LogP contribution in [0.25, 0.3) is 0 Å². The first-order valence-corrected chi connectivity index (χ1v) is 6.04. The Morgan fingerprint density at radius 2 is 1.80 bits per heavy atom. The molecule has 0 atom stereocenters. The molecule has 1 aromatic carbocycles. The molecule has 0 saturated carbocycles. The van der Waals surface area contributed by atoms with E-state index >= 15 is 0 Å². The molecule has 2 aromatic rings. The molecule has 1 amide bonds. The van der Waals surface area contributed by atoms with Crippen LogP contribution in [-0.2, 0) is 0 Å². The normalized spacial score (nSPS) is 10.3. The highest BCUT2D eigenvalue weighted by Crippen LogP contribution is 2.19. The zero-order chi connectivity index (χ0) is 14.9. The largest absolute Gasteiger partial charge is 0.478 e. The summed E-state index contributed by atoms with van der Waals surface area (Å²) in [5, 5.41) is 19.2. The second-order valence-electron chi connectivity index (χ2n) is 3.70. The third kappa shape index (κ3) is 2.77. The molecule has 20 heavy (non-hydrogen) atoms. The Kier molecular flexibility index (Phi) is 3.70. The quantitative estimate of drug-likeness (QED) is 0.905. The van der Waals surface area contributed by atoms with Gasteiger partial charge in [-0.1, -0.05) is 11.3 Å². The number of halogens is 2. The van der Waals surface area contributed by atoms with E-state index in [1.807, 2.05) is 0 Å². The summed E-state index contributed by atoms with van der Waals surface area (Å²) in [5.41, 5.74) is -1.13. The molecule has 0 bridgehead atoms. The van der Waals surface area contributed by atoms with E-state index < -0.39 is 34.6 Å². The number of amides is 1. The minimum Gasteiger partial charge on any atom is -0.478 e. The molecular formula is C11H7F2N3O3S. The van der Waals surface area contributed by atoms with E-state index in [0.29, 0.717) is 17.1 Å². The average Bonchev–Trinajstić information content (AvgIpc) is 2.77. The molecule has 9 heteroatoms. The number of hydrogen-bond donors (Lipinski definition) is 2. The van der Waals surface area contributed by atoms with Crippen LogP contribution >= 0.6 is 11.3 Å². The lowest BCUT2D eigenvalue weighted by Gasteiger charge is -2.06. The van der Waals surface area contributed by atoms with E-state index in [1.165, 1.54) is 0 Å². The highest BCUT2D eigenvalue weighted by molar-refractivity contribution is 7.15.